The molecule has 2 heteroatoms. The number of fused-ring (bicyclic) bond motifs is 1. The van der Waals surface area contributed by atoms with Gasteiger partial charge in [-0.3, -0.25) is 0 Å². The van der Waals surface area contributed by atoms with Crippen LogP contribution in [0.15, 0.2) is 42.7 Å². The van der Waals surface area contributed by atoms with Crippen LogP contribution in [0.5, 0.6) is 0 Å². The van der Waals surface area contributed by atoms with Crippen LogP contribution in [0, 0.1) is 0 Å². The van der Waals surface area contributed by atoms with E-state index in [4.69, 9.17) is 0 Å². The minimum Gasteiger partial charge on any atom is -0.372 e. The molecule has 1 aromatic carbocycles. The van der Waals surface area contributed by atoms with E-state index in [1.54, 1.807) is 0 Å². The zero-order valence-corrected chi connectivity index (χ0v) is 14.7. The summed E-state index contributed by atoms with van der Waals surface area (Å²) in [6, 6.07) is 11.4. The van der Waals surface area contributed by atoms with E-state index in [-0.39, 0.29) is 0 Å². The number of benzene rings is 1. The lowest BCUT2D eigenvalue weighted by Crippen LogP contribution is -2.29. The molecule has 1 aromatic heterocycles. The van der Waals surface area contributed by atoms with Crippen LogP contribution in [0.1, 0.15) is 48.8 Å². The summed E-state index contributed by atoms with van der Waals surface area (Å²) in [6.45, 7) is 2.43. The van der Waals surface area contributed by atoms with Crippen LogP contribution in [-0.2, 0) is 13.5 Å². The van der Waals surface area contributed by atoms with Gasteiger partial charge in [-0.05, 0) is 67.4 Å². The highest BCUT2D eigenvalue weighted by molar-refractivity contribution is 5.83. The van der Waals surface area contributed by atoms with Crippen LogP contribution in [-0.4, -0.2) is 13.1 Å². The highest BCUT2D eigenvalue weighted by Gasteiger charge is 2.17. The number of pyridine rings is 1. The topological polar surface area (TPSA) is 7.12 Å². The van der Waals surface area contributed by atoms with E-state index in [2.05, 4.69) is 65.3 Å². The van der Waals surface area contributed by atoms with Gasteiger partial charge < -0.3 is 4.90 Å². The van der Waals surface area contributed by atoms with E-state index in [1.165, 1.54) is 79.6 Å². The molecular formula is C22H27N2+. The lowest BCUT2D eigenvalue weighted by Gasteiger charge is -2.28. The van der Waals surface area contributed by atoms with Crippen molar-refractivity contribution in [3.63, 3.8) is 0 Å². The minimum atomic E-state index is 1.19. The number of anilines is 1. The highest BCUT2D eigenvalue weighted by atomic mass is 15.1. The summed E-state index contributed by atoms with van der Waals surface area (Å²) in [5, 5.41) is 0. The lowest BCUT2D eigenvalue weighted by atomic mass is 9.87. The summed E-state index contributed by atoms with van der Waals surface area (Å²) in [5.41, 5.74) is 7.13. The van der Waals surface area contributed by atoms with E-state index in [0.717, 1.165) is 0 Å². The molecule has 1 fully saturated rings. The standard InChI is InChI=1S/C22H27N2/c1-23-15-12-22-19(6-5-7-20(22)17-23)16-18-8-10-21(11-9-18)24-13-3-2-4-14-24/h8-12,15-17H,2-7,13-14H2,1H3/q+1. The van der Waals surface area contributed by atoms with Crippen molar-refractivity contribution in [2.75, 3.05) is 18.0 Å². The van der Waals surface area contributed by atoms with Crippen molar-refractivity contribution in [2.45, 2.75) is 38.5 Å². The van der Waals surface area contributed by atoms with E-state index in [9.17, 15) is 0 Å². The van der Waals surface area contributed by atoms with Gasteiger partial charge in [-0.1, -0.05) is 18.2 Å². The summed E-state index contributed by atoms with van der Waals surface area (Å²) >= 11 is 0. The van der Waals surface area contributed by atoms with Crippen LogP contribution < -0.4 is 9.47 Å². The monoisotopic (exact) mass is 319 g/mol. The molecule has 0 spiro atoms. The van der Waals surface area contributed by atoms with Crippen molar-refractivity contribution >= 4 is 17.3 Å². The average molecular weight is 319 g/mol. The van der Waals surface area contributed by atoms with Gasteiger partial charge in [-0.25, -0.2) is 4.57 Å². The Morgan fingerprint density at radius 3 is 2.50 bits per heavy atom. The minimum absolute atomic E-state index is 1.19. The van der Waals surface area contributed by atoms with Gasteiger partial charge in [-0.2, -0.15) is 0 Å². The number of allylic oxidation sites excluding steroid dienone is 1. The number of aromatic nitrogens is 1. The molecule has 2 nitrogen and oxygen atoms in total. The molecule has 4 rings (SSSR count). The molecule has 1 aliphatic heterocycles. The summed E-state index contributed by atoms with van der Waals surface area (Å²) < 4.78 is 2.16. The third-order valence-corrected chi connectivity index (χ3v) is 5.38. The Morgan fingerprint density at radius 1 is 0.917 bits per heavy atom. The molecule has 0 saturated carbocycles. The maximum Gasteiger partial charge on any atom is 0.172 e. The molecule has 124 valence electrons. The normalized spacial score (nSPS) is 19.4. The van der Waals surface area contributed by atoms with Crippen molar-refractivity contribution in [1.82, 2.24) is 0 Å². The Balaban J connectivity index is 1.58. The van der Waals surface area contributed by atoms with Gasteiger partial charge >= 0.3 is 0 Å². The van der Waals surface area contributed by atoms with Crippen LogP contribution in [0.2, 0.25) is 0 Å². The summed E-state index contributed by atoms with van der Waals surface area (Å²) in [4.78, 5) is 2.52. The van der Waals surface area contributed by atoms with Gasteiger partial charge in [0.05, 0.1) is 0 Å². The van der Waals surface area contributed by atoms with Gasteiger partial charge in [-0.15, -0.1) is 0 Å². The predicted molar refractivity (Wildman–Crippen MR) is 101 cm³/mol. The predicted octanol–water partition coefficient (Wildman–Crippen LogP) is 4.38. The second-order valence-corrected chi connectivity index (χ2v) is 7.21. The van der Waals surface area contributed by atoms with E-state index in [1.807, 2.05) is 0 Å². The Morgan fingerprint density at radius 2 is 1.71 bits per heavy atom. The van der Waals surface area contributed by atoms with Crippen molar-refractivity contribution < 1.29 is 4.57 Å². The first kappa shape index (κ1) is 15.4. The fourth-order valence-corrected chi connectivity index (χ4v) is 4.06. The quantitative estimate of drug-likeness (QED) is 0.745. The van der Waals surface area contributed by atoms with Crippen molar-refractivity contribution in [3.05, 3.63) is 59.4 Å². The van der Waals surface area contributed by atoms with Crippen LogP contribution in [0.4, 0.5) is 5.69 Å². The average Bonchev–Trinajstić information content (AvgIpc) is 2.63. The molecule has 0 amide bonds. The lowest BCUT2D eigenvalue weighted by molar-refractivity contribution is -0.672. The summed E-state index contributed by atoms with van der Waals surface area (Å²) in [6.07, 6.45) is 14.5. The van der Waals surface area contributed by atoms with Crippen molar-refractivity contribution in [3.8, 4) is 0 Å². The fraction of sp³-hybridized carbons (Fsp3) is 0.409. The van der Waals surface area contributed by atoms with Gasteiger partial charge in [0, 0.05) is 30.4 Å². The van der Waals surface area contributed by atoms with Crippen LogP contribution in [0.25, 0.3) is 11.6 Å². The first-order valence-corrected chi connectivity index (χ1v) is 9.34. The smallest absolute Gasteiger partial charge is 0.172 e. The molecule has 0 bridgehead atoms. The first-order chi connectivity index (χ1) is 11.8. The van der Waals surface area contributed by atoms with E-state index in [0.29, 0.717) is 0 Å². The van der Waals surface area contributed by atoms with E-state index < -0.39 is 0 Å². The van der Waals surface area contributed by atoms with Crippen LogP contribution in [0.3, 0.4) is 0 Å². The molecule has 0 unspecified atom stereocenters. The maximum atomic E-state index is 2.52. The number of hydrogen-bond acceptors (Lipinski definition) is 1. The fourth-order valence-electron chi connectivity index (χ4n) is 4.06. The second-order valence-electron chi connectivity index (χ2n) is 7.21. The molecule has 2 heterocycles. The largest absolute Gasteiger partial charge is 0.372 e. The van der Waals surface area contributed by atoms with Gasteiger partial charge in [0.25, 0.3) is 0 Å². The molecule has 2 aromatic rings. The second kappa shape index (κ2) is 6.80. The summed E-state index contributed by atoms with van der Waals surface area (Å²) in [7, 11) is 2.11. The van der Waals surface area contributed by atoms with Gasteiger partial charge in [0.2, 0.25) is 0 Å². The third-order valence-electron chi connectivity index (χ3n) is 5.38. The number of hydrogen-bond donors (Lipinski definition) is 0. The van der Waals surface area contributed by atoms with Gasteiger partial charge in [0.1, 0.15) is 7.05 Å². The zero-order chi connectivity index (χ0) is 16.4. The first-order valence-electron chi connectivity index (χ1n) is 9.34. The SMILES string of the molecule is C[n+]1ccc2c(c1)CCC/C2=C\c1ccc(N2CCCCC2)cc1. The number of aryl methyl sites for hydroxylation is 2. The Bertz CT molecular complexity index is 737. The number of piperidine rings is 1. The Hall–Kier alpha value is -2.09. The highest BCUT2D eigenvalue weighted by Crippen LogP contribution is 2.31. The molecule has 2 aliphatic rings. The molecular weight excluding hydrogens is 292 g/mol. The molecule has 1 saturated heterocycles. The number of nitrogens with zero attached hydrogens (tertiary/aromatic N) is 2. The van der Waals surface area contributed by atoms with E-state index >= 15 is 0 Å². The molecule has 0 atom stereocenters. The molecule has 24 heavy (non-hydrogen) atoms. The maximum absolute atomic E-state index is 2.52. The Kier molecular flexibility index (Phi) is 4.38. The molecule has 0 radical (unpaired) electrons. The van der Waals surface area contributed by atoms with Crippen LogP contribution >= 0.6 is 0 Å². The summed E-state index contributed by atoms with van der Waals surface area (Å²) in [5.74, 6) is 0. The van der Waals surface area contributed by atoms with Gasteiger partial charge in [0.15, 0.2) is 12.4 Å². The molecule has 0 N–H and O–H groups in total. The van der Waals surface area contributed by atoms with Crippen molar-refractivity contribution in [1.29, 1.82) is 0 Å². The Labute approximate surface area is 145 Å². The number of rotatable bonds is 2. The van der Waals surface area contributed by atoms with Crippen molar-refractivity contribution in [2.24, 2.45) is 7.05 Å². The molecule has 1 aliphatic carbocycles. The zero-order valence-electron chi connectivity index (χ0n) is 14.7. The third kappa shape index (κ3) is 3.24.